The van der Waals surface area contributed by atoms with Gasteiger partial charge in [-0.3, -0.25) is 4.90 Å². The second kappa shape index (κ2) is 5.87. The molecule has 1 saturated heterocycles. The molecule has 1 aromatic heterocycles. The maximum Gasteiger partial charge on any atom is 0.126 e. The van der Waals surface area contributed by atoms with Gasteiger partial charge >= 0.3 is 0 Å². The van der Waals surface area contributed by atoms with Gasteiger partial charge in [0, 0.05) is 19.1 Å². The minimum absolute atomic E-state index is 0.149. The van der Waals surface area contributed by atoms with E-state index in [1.165, 1.54) is 5.56 Å². The summed E-state index contributed by atoms with van der Waals surface area (Å²) in [5.74, 6) is 1.05. The molecule has 1 N–H and O–H groups in total. The number of aryl methyl sites for hydroxylation is 1. The normalized spacial score (nSPS) is 25.8. The molecule has 0 spiro atoms. The van der Waals surface area contributed by atoms with E-state index in [4.69, 9.17) is 9.15 Å². The van der Waals surface area contributed by atoms with Crippen molar-refractivity contribution in [2.45, 2.75) is 39.0 Å². The van der Waals surface area contributed by atoms with Crippen LogP contribution in [-0.2, 0) is 4.74 Å². The Labute approximate surface area is 109 Å². The molecule has 102 valence electrons. The number of hydrogen-bond acceptors (Lipinski definition) is 4. The van der Waals surface area contributed by atoms with Gasteiger partial charge in [-0.15, -0.1) is 0 Å². The molecule has 4 nitrogen and oxygen atoms in total. The van der Waals surface area contributed by atoms with E-state index in [0.29, 0.717) is 6.04 Å². The van der Waals surface area contributed by atoms with Gasteiger partial charge in [-0.1, -0.05) is 0 Å². The summed E-state index contributed by atoms with van der Waals surface area (Å²) < 4.78 is 11.6. The molecule has 1 fully saturated rings. The van der Waals surface area contributed by atoms with Crippen LogP contribution in [0.15, 0.2) is 16.7 Å². The van der Waals surface area contributed by atoms with E-state index < -0.39 is 0 Å². The number of hydrogen-bond donors (Lipinski definition) is 1. The number of rotatable bonds is 4. The fourth-order valence-corrected chi connectivity index (χ4v) is 2.71. The third-order valence-corrected chi connectivity index (χ3v) is 3.63. The fourth-order valence-electron chi connectivity index (χ4n) is 2.71. The van der Waals surface area contributed by atoms with Crippen LogP contribution in [0.1, 0.15) is 31.2 Å². The molecule has 2 unspecified atom stereocenters. The molecule has 2 rings (SSSR count). The Kier molecular flexibility index (Phi) is 4.43. The number of likely N-dealkylation sites (N-methyl/N-ethyl adjacent to an activating group) is 1. The minimum atomic E-state index is 0.149. The van der Waals surface area contributed by atoms with Crippen LogP contribution in [0.3, 0.4) is 0 Å². The lowest BCUT2D eigenvalue weighted by Crippen LogP contribution is -2.51. The first-order valence-electron chi connectivity index (χ1n) is 6.71. The van der Waals surface area contributed by atoms with Crippen molar-refractivity contribution in [1.82, 2.24) is 10.2 Å². The van der Waals surface area contributed by atoms with E-state index in [9.17, 15) is 0 Å². The molecule has 18 heavy (non-hydrogen) atoms. The van der Waals surface area contributed by atoms with Crippen LogP contribution in [0, 0.1) is 6.92 Å². The maximum atomic E-state index is 5.93. The van der Waals surface area contributed by atoms with Crippen LogP contribution in [0.4, 0.5) is 0 Å². The van der Waals surface area contributed by atoms with Crippen molar-refractivity contribution in [3.63, 3.8) is 0 Å². The Morgan fingerprint density at radius 3 is 2.83 bits per heavy atom. The molecule has 2 atom stereocenters. The molecule has 0 aliphatic carbocycles. The topological polar surface area (TPSA) is 37.6 Å². The molecule has 0 amide bonds. The molecular weight excluding hydrogens is 228 g/mol. The number of ether oxygens (including phenoxy) is 1. The second-order valence-electron chi connectivity index (χ2n) is 5.21. The third kappa shape index (κ3) is 2.60. The first kappa shape index (κ1) is 13.6. The highest BCUT2D eigenvalue weighted by molar-refractivity contribution is 5.20. The molecule has 1 aromatic rings. The van der Waals surface area contributed by atoms with Gasteiger partial charge in [0.15, 0.2) is 0 Å². The van der Waals surface area contributed by atoms with E-state index in [-0.39, 0.29) is 12.1 Å². The van der Waals surface area contributed by atoms with Gasteiger partial charge in [0.05, 0.1) is 25.0 Å². The van der Waals surface area contributed by atoms with Crippen LogP contribution in [-0.4, -0.2) is 43.8 Å². The Bertz CT molecular complexity index is 374. The Balaban J connectivity index is 2.29. The highest BCUT2D eigenvalue weighted by atomic mass is 16.5. The van der Waals surface area contributed by atoms with Crippen molar-refractivity contribution in [3.8, 4) is 0 Å². The zero-order valence-corrected chi connectivity index (χ0v) is 11.8. The summed E-state index contributed by atoms with van der Waals surface area (Å²) >= 11 is 0. The highest BCUT2D eigenvalue weighted by Gasteiger charge is 2.37. The first-order chi connectivity index (χ1) is 8.65. The van der Waals surface area contributed by atoms with Crippen molar-refractivity contribution in [2.24, 2.45) is 0 Å². The van der Waals surface area contributed by atoms with E-state index in [0.717, 1.165) is 25.5 Å². The zero-order chi connectivity index (χ0) is 13.1. The largest absolute Gasteiger partial charge is 0.467 e. The molecule has 1 aliphatic heterocycles. The molecular formula is C14H24N2O2. The SMILES string of the molecule is CNCC1OCCN(C(C)C)C1c1occc1C. The zero-order valence-electron chi connectivity index (χ0n) is 11.8. The van der Waals surface area contributed by atoms with Crippen molar-refractivity contribution in [1.29, 1.82) is 0 Å². The summed E-state index contributed by atoms with van der Waals surface area (Å²) in [5, 5.41) is 3.21. The van der Waals surface area contributed by atoms with Crippen LogP contribution in [0.25, 0.3) is 0 Å². The van der Waals surface area contributed by atoms with Gasteiger partial charge in [0.25, 0.3) is 0 Å². The predicted molar refractivity (Wildman–Crippen MR) is 71.7 cm³/mol. The fraction of sp³-hybridized carbons (Fsp3) is 0.714. The molecule has 0 saturated carbocycles. The van der Waals surface area contributed by atoms with Crippen LogP contribution in [0.5, 0.6) is 0 Å². The highest BCUT2D eigenvalue weighted by Crippen LogP contribution is 2.33. The van der Waals surface area contributed by atoms with Crippen molar-refractivity contribution < 1.29 is 9.15 Å². The standard InChI is InChI=1S/C14H24N2O2/c1-10(2)16-6-8-17-12(9-15-4)13(16)14-11(3)5-7-18-14/h5,7,10,12-13,15H,6,8-9H2,1-4H3. The average Bonchev–Trinajstić information content (AvgIpc) is 2.75. The van der Waals surface area contributed by atoms with E-state index in [1.54, 1.807) is 6.26 Å². The van der Waals surface area contributed by atoms with Gasteiger partial charge in [-0.25, -0.2) is 0 Å². The summed E-state index contributed by atoms with van der Waals surface area (Å²) in [6, 6.07) is 2.72. The lowest BCUT2D eigenvalue weighted by atomic mass is 10.00. The molecule has 0 bridgehead atoms. The quantitative estimate of drug-likeness (QED) is 0.889. The lowest BCUT2D eigenvalue weighted by Gasteiger charge is -2.42. The monoisotopic (exact) mass is 252 g/mol. The number of nitrogens with zero attached hydrogens (tertiary/aromatic N) is 1. The average molecular weight is 252 g/mol. The van der Waals surface area contributed by atoms with Crippen LogP contribution >= 0.6 is 0 Å². The Morgan fingerprint density at radius 1 is 1.50 bits per heavy atom. The summed E-state index contributed by atoms with van der Waals surface area (Å²) in [6.45, 7) is 9.15. The number of furan rings is 1. The van der Waals surface area contributed by atoms with Gasteiger partial charge in [0.2, 0.25) is 0 Å². The van der Waals surface area contributed by atoms with Crippen LogP contribution in [0.2, 0.25) is 0 Å². The summed E-state index contributed by atoms with van der Waals surface area (Å²) in [5.41, 5.74) is 1.21. The number of morpholine rings is 1. The Hall–Kier alpha value is -0.840. The molecule has 1 aliphatic rings. The summed E-state index contributed by atoms with van der Waals surface area (Å²) in [4.78, 5) is 2.47. The maximum absolute atomic E-state index is 5.93. The van der Waals surface area contributed by atoms with E-state index in [2.05, 4.69) is 31.0 Å². The minimum Gasteiger partial charge on any atom is -0.467 e. The van der Waals surface area contributed by atoms with E-state index >= 15 is 0 Å². The van der Waals surface area contributed by atoms with Gasteiger partial charge in [0.1, 0.15) is 5.76 Å². The van der Waals surface area contributed by atoms with Gasteiger partial charge in [-0.2, -0.15) is 0 Å². The molecule has 4 heteroatoms. The van der Waals surface area contributed by atoms with Crippen molar-refractivity contribution >= 4 is 0 Å². The van der Waals surface area contributed by atoms with E-state index in [1.807, 2.05) is 13.1 Å². The Morgan fingerprint density at radius 2 is 2.28 bits per heavy atom. The van der Waals surface area contributed by atoms with Gasteiger partial charge in [-0.05, 0) is 39.4 Å². The summed E-state index contributed by atoms with van der Waals surface area (Å²) in [7, 11) is 1.96. The van der Waals surface area contributed by atoms with Crippen molar-refractivity contribution in [3.05, 3.63) is 23.7 Å². The van der Waals surface area contributed by atoms with Gasteiger partial charge < -0.3 is 14.5 Å². The molecule has 0 radical (unpaired) electrons. The molecule has 0 aromatic carbocycles. The first-order valence-corrected chi connectivity index (χ1v) is 6.71. The smallest absolute Gasteiger partial charge is 0.126 e. The third-order valence-electron chi connectivity index (χ3n) is 3.63. The number of nitrogens with one attached hydrogen (secondary N) is 1. The van der Waals surface area contributed by atoms with Crippen LogP contribution < -0.4 is 5.32 Å². The lowest BCUT2D eigenvalue weighted by molar-refractivity contribution is -0.0879. The predicted octanol–water partition coefficient (Wildman–Crippen LogP) is 1.96. The summed E-state index contributed by atoms with van der Waals surface area (Å²) in [6.07, 6.45) is 1.92. The second-order valence-corrected chi connectivity index (χ2v) is 5.21. The van der Waals surface area contributed by atoms with Crippen molar-refractivity contribution in [2.75, 3.05) is 26.7 Å². The molecule has 2 heterocycles.